The number of benzene rings is 1. The summed E-state index contributed by atoms with van der Waals surface area (Å²) in [7, 11) is 0. The summed E-state index contributed by atoms with van der Waals surface area (Å²) in [6, 6.07) is 5.73. The van der Waals surface area contributed by atoms with Crippen molar-refractivity contribution in [1.82, 2.24) is 10.5 Å². The molecule has 0 unspecified atom stereocenters. The second kappa shape index (κ2) is 6.88. The Morgan fingerprint density at radius 2 is 2.05 bits per heavy atom. The number of nitrogens with zero attached hydrogens (tertiary/aromatic N) is 1. The summed E-state index contributed by atoms with van der Waals surface area (Å²) in [6.07, 6.45) is 0.234. The van der Waals surface area contributed by atoms with Crippen molar-refractivity contribution in [3.63, 3.8) is 0 Å². The summed E-state index contributed by atoms with van der Waals surface area (Å²) in [5, 5.41) is 6.55. The lowest BCUT2D eigenvalue weighted by molar-refractivity contribution is -0.120. The molecule has 1 heterocycles. The lowest BCUT2D eigenvalue weighted by Gasteiger charge is -2.07. The van der Waals surface area contributed by atoms with Crippen LogP contribution in [0.2, 0.25) is 0 Å². The van der Waals surface area contributed by atoms with Gasteiger partial charge in [-0.3, -0.25) is 4.79 Å². The van der Waals surface area contributed by atoms with Gasteiger partial charge in [0, 0.05) is 5.56 Å². The zero-order valence-corrected chi connectivity index (χ0v) is 12.0. The molecule has 0 radical (unpaired) electrons. The lowest BCUT2D eigenvalue weighted by atomic mass is 10.1. The maximum absolute atomic E-state index is 12.7. The number of halogens is 1. The van der Waals surface area contributed by atoms with Gasteiger partial charge >= 0.3 is 0 Å². The molecule has 0 atom stereocenters. The molecule has 1 N–H and O–H groups in total. The number of rotatable bonds is 6. The summed E-state index contributed by atoms with van der Waals surface area (Å²) in [4.78, 5) is 11.8. The highest BCUT2D eigenvalue weighted by Gasteiger charge is 2.12. The second-order valence-corrected chi connectivity index (χ2v) is 4.63. The fourth-order valence-corrected chi connectivity index (χ4v) is 1.87. The van der Waals surface area contributed by atoms with E-state index >= 15 is 0 Å². The number of hydrogen-bond donors (Lipinski definition) is 1. The maximum atomic E-state index is 12.7. The average Bonchev–Trinajstić information content (AvgIpc) is 2.77. The quantitative estimate of drug-likeness (QED) is 0.829. The van der Waals surface area contributed by atoms with Gasteiger partial charge < -0.3 is 14.6 Å². The first-order chi connectivity index (χ1) is 10.1. The van der Waals surface area contributed by atoms with E-state index in [9.17, 15) is 9.18 Å². The number of carbonyl (C=O) groups is 1. The van der Waals surface area contributed by atoms with Crippen LogP contribution in [0.25, 0.3) is 0 Å². The summed E-state index contributed by atoms with van der Waals surface area (Å²) in [5.41, 5.74) is 1.54. The van der Waals surface area contributed by atoms with Crippen LogP contribution < -0.4 is 10.1 Å². The Morgan fingerprint density at radius 3 is 2.67 bits per heavy atom. The third kappa shape index (κ3) is 4.30. The van der Waals surface area contributed by atoms with Gasteiger partial charge in [-0.15, -0.1) is 0 Å². The van der Waals surface area contributed by atoms with Crippen molar-refractivity contribution in [1.29, 1.82) is 0 Å². The van der Waals surface area contributed by atoms with E-state index in [1.165, 1.54) is 12.1 Å². The van der Waals surface area contributed by atoms with Crippen LogP contribution in [0, 0.1) is 19.7 Å². The highest BCUT2D eigenvalue weighted by Crippen LogP contribution is 2.12. The molecule has 0 bridgehead atoms. The van der Waals surface area contributed by atoms with Crippen LogP contribution in [0.15, 0.2) is 28.8 Å². The standard InChI is InChI=1S/C15H17FN2O3/c1-10-14(11(2)21-18-10)9-15(19)17-7-8-20-13-5-3-12(16)4-6-13/h3-6H,7-9H2,1-2H3,(H,17,19). The van der Waals surface area contributed by atoms with Gasteiger partial charge in [-0.2, -0.15) is 0 Å². The number of aromatic nitrogens is 1. The van der Waals surface area contributed by atoms with Crippen LogP contribution in [-0.2, 0) is 11.2 Å². The highest BCUT2D eigenvalue weighted by atomic mass is 19.1. The molecule has 2 rings (SSSR count). The third-order valence-corrected chi connectivity index (χ3v) is 3.03. The van der Waals surface area contributed by atoms with Gasteiger partial charge in [-0.1, -0.05) is 5.16 Å². The molecule has 0 aliphatic carbocycles. The van der Waals surface area contributed by atoms with E-state index in [0.717, 1.165) is 11.3 Å². The smallest absolute Gasteiger partial charge is 0.224 e. The lowest BCUT2D eigenvalue weighted by Crippen LogP contribution is -2.29. The summed E-state index contributed by atoms with van der Waals surface area (Å²) < 4.78 is 23.1. The largest absolute Gasteiger partial charge is 0.492 e. The fourth-order valence-electron chi connectivity index (χ4n) is 1.87. The molecule has 1 aromatic carbocycles. The topological polar surface area (TPSA) is 64.4 Å². The van der Waals surface area contributed by atoms with Crippen molar-refractivity contribution in [2.45, 2.75) is 20.3 Å². The van der Waals surface area contributed by atoms with Crippen molar-refractivity contribution >= 4 is 5.91 Å². The van der Waals surface area contributed by atoms with E-state index < -0.39 is 0 Å². The van der Waals surface area contributed by atoms with Gasteiger partial charge in [0.2, 0.25) is 5.91 Å². The van der Waals surface area contributed by atoms with Crippen LogP contribution in [0.4, 0.5) is 4.39 Å². The Kier molecular flexibility index (Phi) is 4.92. The van der Waals surface area contributed by atoms with Gasteiger partial charge in [0.05, 0.1) is 18.7 Å². The van der Waals surface area contributed by atoms with E-state index in [0.29, 0.717) is 24.7 Å². The Morgan fingerprint density at radius 1 is 1.33 bits per heavy atom. The van der Waals surface area contributed by atoms with Gasteiger partial charge in [0.1, 0.15) is 23.9 Å². The minimum atomic E-state index is -0.310. The predicted molar refractivity (Wildman–Crippen MR) is 74.6 cm³/mol. The van der Waals surface area contributed by atoms with Gasteiger partial charge in [-0.05, 0) is 38.1 Å². The van der Waals surface area contributed by atoms with Crippen molar-refractivity contribution in [2.24, 2.45) is 0 Å². The van der Waals surface area contributed by atoms with Crippen molar-refractivity contribution in [2.75, 3.05) is 13.2 Å². The van der Waals surface area contributed by atoms with Gasteiger partial charge in [0.15, 0.2) is 0 Å². The molecule has 21 heavy (non-hydrogen) atoms. The fraction of sp³-hybridized carbons (Fsp3) is 0.333. The molecule has 0 saturated carbocycles. The molecular weight excluding hydrogens is 275 g/mol. The molecular formula is C15H17FN2O3. The number of carbonyl (C=O) groups excluding carboxylic acids is 1. The van der Waals surface area contributed by atoms with E-state index in [2.05, 4.69) is 10.5 Å². The summed E-state index contributed by atoms with van der Waals surface area (Å²) in [6.45, 7) is 4.27. The molecule has 0 saturated heterocycles. The first kappa shape index (κ1) is 15.0. The Bertz CT molecular complexity index is 588. The Labute approximate surface area is 122 Å². The van der Waals surface area contributed by atoms with Crippen LogP contribution >= 0.6 is 0 Å². The first-order valence-electron chi connectivity index (χ1n) is 6.63. The molecule has 0 aliphatic heterocycles. The number of amides is 1. The number of ether oxygens (including phenoxy) is 1. The van der Waals surface area contributed by atoms with E-state index in [1.54, 1.807) is 26.0 Å². The molecule has 1 aromatic heterocycles. The summed E-state index contributed by atoms with van der Waals surface area (Å²) >= 11 is 0. The van der Waals surface area contributed by atoms with E-state index in [4.69, 9.17) is 9.26 Å². The van der Waals surface area contributed by atoms with Gasteiger partial charge in [0.25, 0.3) is 0 Å². The molecule has 0 fully saturated rings. The van der Waals surface area contributed by atoms with Crippen molar-refractivity contribution in [3.8, 4) is 5.75 Å². The van der Waals surface area contributed by atoms with E-state index in [-0.39, 0.29) is 18.1 Å². The van der Waals surface area contributed by atoms with Crippen molar-refractivity contribution < 1.29 is 18.4 Å². The summed E-state index contributed by atoms with van der Waals surface area (Å²) in [5.74, 6) is 0.795. The number of nitrogens with one attached hydrogen (secondary N) is 1. The highest BCUT2D eigenvalue weighted by molar-refractivity contribution is 5.78. The van der Waals surface area contributed by atoms with Crippen LogP contribution in [0.1, 0.15) is 17.0 Å². The second-order valence-electron chi connectivity index (χ2n) is 4.63. The molecule has 5 nitrogen and oxygen atoms in total. The minimum Gasteiger partial charge on any atom is -0.492 e. The monoisotopic (exact) mass is 292 g/mol. The SMILES string of the molecule is Cc1noc(C)c1CC(=O)NCCOc1ccc(F)cc1. The first-order valence-corrected chi connectivity index (χ1v) is 6.63. The molecule has 0 spiro atoms. The Balaban J connectivity index is 1.71. The molecule has 0 aliphatic rings. The Hall–Kier alpha value is -2.37. The molecule has 112 valence electrons. The number of aryl methyl sites for hydroxylation is 2. The third-order valence-electron chi connectivity index (χ3n) is 3.03. The van der Waals surface area contributed by atoms with Crippen LogP contribution in [-0.4, -0.2) is 24.2 Å². The normalized spacial score (nSPS) is 10.4. The predicted octanol–water partition coefficient (Wildman–Crippen LogP) is 2.17. The minimum absolute atomic E-state index is 0.118. The zero-order valence-electron chi connectivity index (χ0n) is 12.0. The van der Waals surface area contributed by atoms with Crippen LogP contribution in [0.3, 0.4) is 0 Å². The number of hydrogen-bond acceptors (Lipinski definition) is 4. The molecule has 1 amide bonds. The molecule has 6 heteroatoms. The van der Waals surface area contributed by atoms with E-state index in [1.807, 2.05) is 0 Å². The maximum Gasteiger partial charge on any atom is 0.224 e. The van der Waals surface area contributed by atoms with Gasteiger partial charge in [-0.25, -0.2) is 4.39 Å². The molecule has 2 aromatic rings. The van der Waals surface area contributed by atoms with Crippen molar-refractivity contribution in [3.05, 3.63) is 47.1 Å². The average molecular weight is 292 g/mol. The zero-order chi connectivity index (χ0) is 15.2. The van der Waals surface area contributed by atoms with Crippen LogP contribution in [0.5, 0.6) is 5.75 Å².